The van der Waals surface area contributed by atoms with Crippen molar-refractivity contribution in [2.45, 2.75) is 56.7 Å². The predicted molar refractivity (Wildman–Crippen MR) is 103 cm³/mol. The molecule has 1 aromatic carbocycles. The van der Waals surface area contributed by atoms with E-state index in [1.807, 2.05) is 18.2 Å². The highest BCUT2D eigenvalue weighted by Crippen LogP contribution is 2.30. The molecule has 0 spiro atoms. The second-order valence-corrected chi connectivity index (χ2v) is 7.25. The van der Waals surface area contributed by atoms with Crippen molar-refractivity contribution in [3.05, 3.63) is 35.4 Å². The highest BCUT2D eigenvalue weighted by atomic mass is 16.4. The van der Waals surface area contributed by atoms with Gasteiger partial charge in [-0.2, -0.15) is 0 Å². The second kappa shape index (κ2) is 8.79. The van der Waals surface area contributed by atoms with Crippen LogP contribution in [0.25, 0.3) is 0 Å². The van der Waals surface area contributed by atoms with Crippen LogP contribution in [0.15, 0.2) is 24.3 Å². The molecule has 1 heterocycles. The van der Waals surface area contributed by atoms with Crippen LogP contribution in [0.1, 0.15) is 49.3 Å². The molecule has 1 aromatic rings. The van der Waals surface area contributed by atoms with Gasteiger partial charge in [0.1, 0.15) is 12.1 Å². The highest BCUT2D eigenvalue weighted by molar-refractivity contribution is 5.92. The minimum atomic E-state index is -1.31. The van der Waals surface area contributed by atoms with Crippen molar-refractivity contribution in [2.75, 3.05) is 6.54 Å². The molecule has 0 aromatic heterocycles. The van der Waals surface area contributed by atoms with Gasteiger partial charge in [-0.1, -0.05) is 24.3 Å². The van der Waals surface area contributed by atoms with Gasteiger partial charge < -0.3 is 20.6 Å². The number of carboxylic acid groups (broad SMARTS) is 1. The lowest BCUT2D eigenvalue weighted by Gasteiger charge is -2.31. The van der Waals surface area contributed by atoms with E-state index < -0.39 is 24.1 Å². The lowest BCUT2D eigenvalue weighted by Crippen LogP contribution is -2.53. The van der Waals surface area contributed by atoms with Crippen LogP contribution in [0.4, 0.5) is 4.79 Å². The van der Waals surface area contributed by atoms with E-state index in [-0.39, 0.29) is 18.4 Å². The molecule has 3 amide bonds. The van der Waals surface area contributed by atoms with Gasteiger partial charge in [0.2, 0.25) is 11.8 Å². The summed E-state index contributed by atoms with van der Waals surface area (Å²) in [6.07, 6.45) is 8.03. The number of amides is 3. The van der Waals surface area contributed by atoms with E-state index in [0.29, 0.717) is 19.4 Å². The third kappa shape index (κ3) is 4.28. The molecule has 0 bridgehead atoms. The lowest BCUT2D eigenvalue weighted by atomic mass is 9.87. The summed E-state index contributed by atoms with van der Waals surface area (Å²) in [4.78, 5) is 38.2. The van der Waals surface area contributed by atoms with E-state index in [4.69, 9.17) is 11.5 Å². The van der Waals surface area contributed by atoms with Gasteiger partial charge in [-0.25, -0.2) is 4.79 Å². The molecule has 1 aliphatic carbocycles. The molecule has 0 unspecified atom stereocenters. The molecule has 1 fully saturated rings. The number of rotatable bonds is 5. The standard InChI is InChI=1S/C21H25N3O4/c1-2-7-17(23-21(27)28)20(26)24-13-6-12-18(24)19(25)22-16-11-5-9-14-8-3-4-10-15(14)16/h1,3-4,8,10,16-18,23H,5-7,9,11-13H2,(H,22,25)(H,27,28)/t16-,17+,18+/m1/s1. The number of nitrogens with zero attached hydrogens (tertiary/aromatic N) is 1. The fourth-order valence-corrected chi connectivity index (χ4v) is 4.14. The third-order valence-corrected chi connectivity index (χ3v) is 5.44. The Kier molecular flexibility index (Phi) is 6.19. The Morgan fingerprint density at radius 3 is 2.79 bits per heavy atom. The van der Waals surface area contributed by atoms with Crippen molar-refractivity contribution < 1.29 is 19.5 Å². The first-order chi connectivity index (χ1) is 13.5. The molecular formula is C21H25N3O4. The van der Waals surface area contributed by atoms with Crippen molar-refractivity contribution in [1.29, 1.82) is 0 Å². The van der Waals surface area contributed by atoms with E-state index >= 15 is 0 Å². The number of benzene rings is 1. The number of carbonyl (C=O) groups is 3. The molecule has 0 saturated carbocycles. The van der Waals surface area contributed by atoms with Gasteiger partial charge in [-0.05, 0) is 43.2 Å². The maximum Gasteiger partial charge on any atom is 0.405 e. The zero-order valence-electron chi connectivity index (χ0n) is 15.7. The molecule has 148 valence electrons. The van der Waals surface area contributed by atoms with Gasteiger partial charge in [0.05, 0.1) is 6.04 Å². The van der Waals surface area contributed by atoms with E-state index in [1.165, 1.54) is 10.5 Å². The average molecular weight is 383 g/mol. The molecule has 1 aliphatic heterocycles. The summed E-state index contributed by atoms with van der Waals surface area (Å²) in [5, 5.41) is 14.2. The molecule has 7 nitrogen and oxygen atoms in total. The smallest absolute Gasteiger partial charge is 0.405 e. The third-order valence-electron chi connectivity index (χ3n) is 5.44. The molecule has 7 heteroatoms. The van der Waals surface area contributed by atoms with Gasteiger partial charge >= 0.3 is 6.09 Å². The number of carbonyl (C=O) groups excluding carboxylic acids is 2. The van der Waals surface area contributed by atoms with Crippen LogP contribution < -0.4 is 10.6 Å². The maximum atomic E-state index is 13.0. The number of fused-ring (bicyclic) bond motifs is 1. The summed E-state index contributed by atoms with van der Waals surface area (Å²) in [5.41, 5.74) is 2.38. The topological polar surface area (TPSA) is 98.7 Å². The second-order valence-electron chi connectivity index (χ2n) is 7.25. The summed E-state index contributed by atoms with van der Waals surface area (Å²) in [6, 6.07) is 6.40. The number of hydrogen-bond acceptors (Lipinski definition) is 3. The van der Waals surface area contributed by atoms with Crippen molar-refractivity contribution in [1.82, 2.24) is 15.5 Å². The fourth-order valence-electron chi connectivity index (χ4n) is 4.14. The Bertz CT molecular complexity index is 801. The zero-order chi connectivity index (χ0) is 20.1. The van der Waals surface area contributed by atoms with Crippen LogP contribution in [0.2, 0.25) is 0 Å². The van der Waals surface area contributed by atoms with Crippen LogP contribution in [-0.4, -0.2) is 46.5 Å². The number of aryl methyl sites for hydroxylation is 1. The summed E-state index contributed by atoms with van der Waals surface area (Å²) >= 11 is 0. The molecular weight excluding hydrogens is 358 g/mol. The van der Waals surface area contributed by atoms with E-state index in [9.17, 15) is 14.4 Å². The van der Waals surface area contributed by atoms with Crippen LogP contribution in [-0.2, 0) is 16.0 Å². The minimum Gasteiger partial charge on any atom is -0.465 e. The monoisotopic (exact) mass is 383 g/mol. The number of hydrogen-bond donors (Lipinski definition) is 3. The van der Waals surface area contributed by atoms with Crippen LogP contribution >= 0.6 is 0 Å². The number of nitrogens with one attached hydrogen (secondary N) is 2. The first kappa shape index (κ1) is 19.7. The van der Waals surface area contributed by atoms with Gasteiger partial charge in [-0.3, -0.25) is 9.59 Å². The van der Waals surface area contributed by atoms with Crippen LogP contribution in [0, 0.1) is 12.3 Å². The van der Waals surface area contributed by atoms with E-state index in [0.717, 1.165) is 24.8 Å². The van der Waals surface area contributed by atoms with Crippen LogP contribution in [0.3, 0.4) is 0 Å². The molecule has 3 rings (SSSR count). The number of likely N-dealkylation sites (tertiary alicyclic amines) is 1. The summed E-state index contributed by atoms with van der Waals surface area (Å²) in [5.74, 6) is 1.69. The largest absolute Gasteiger partial charge is 0.465 e. The van der Waals surface area contributed by atoms with Gasteiger partial charge in [-0.15, -0.1) is 12.3 Å². The van der Waals surface area contributed by atoms with Crippen molar-refractivity contribution in [3.63, 3.8) is 0 Å². The van der Waals surface area contributed by atoms with Crippen molar-refractivity contribution in [3.8, 4) is 12.3 Å². The number of terminal acetylenes is 1. The zero-order valence-corrected chi connectivity index (χ0v) is 15.7. The predicted octanol–water partition coefficient (Wildman–Crippen LogP) is 1.83. The first-order valence-corrected chi connectivity index (χ1v) is 9.63. The molecule has 0 radical (unpaired) electrons. The van der Waals surface area contributed by atoms with E-state index in [2.05, 4.69) is 22.6 Å². The Hall–Kier alpha value is -3.01. The minimum absolute atomic E-state index is 0.0496. The SMILES string of the molecule is C#CC[C@H](NC(=O)O)C(=O)N1CCC[C@H]1C(=O)N[C@@H]1CCCc2ccccc21. The van der Waals surface area contributed by atoms with E-state index in [1.54, 1.807) is 0 Å². The Morgan fingerprint density at radius 2 is 2.04 bits per heavy atom. The van der Waals surface area contributed by atoms with Crippen LogP contribution in [0.5, 0.6) is 0 Å². The highest BCUT2D eigenvalue weighted by Gasteiger charge is 2.38. The molecule has 3 N–H and O–H groups in total. The first-order valence-electron chi connectivity index (χ1n) is 9.63. The maximum absolute atomic E-state index is 13.0. The van der Waals surface area contributed by atoms with Gasteiger partial charge in [0.25, 0.3) is 0 Å². The quantitative estimate of drug-likeness (QED) is 0.676. The molecule has 1 saturated heterocycles. The molecule has 2 aliphatic rings. The van der Waals surface area contributed by atoms with Crippen molar-refractivity contribution >= 4 is 17.9 Å². The van der Waals surface area contributed by atoms with Crippen molar-refractivity contribution in [2.24, 2.45) is 0 Å². The Labute approximate surface area is 164 Å². The average Bonchev–Trinajstić information content (AvgIpc) is 3.17. The summed E-state index contributed by atoms with van der Waals surface area (Å²) < 4.78 is 0. The normalized spacial score (nSPS) is 21.9. The Morgan fingerprint density at radius 1 is 1.25 bits per heavy atom. The summed E-state index contributed by atoms with van der Waals surface area (Å²) in [7, 11) is 0. The molecule has 3 atom stereocenters. The van der Waals surface area contributed by atoms with Gasteiger partial charge in [0, 0.05) is 13.0 Å². The lowest BCUT2D eigenvalue weighted by molar-refractivity contribution is -0.140. The fraction of sp³-hybridized carbons (Fsp3) is 0.476. The Balaban J connectivity index is 1.70. The van der Waals surface area contributed by atoms with Gasteiger partial charge in [0.15, 0.2) is 0 Å². The summed E-state index contributed by atoms with van der Waals surface area (Å²) in [6.45, 7) is 0.417. The molecule has 28 heavy (non-hydrogen) atoms.